The Balaban J connectivity index is 2.03. The molecular weight excluding hydrogens is 252 g/mol. The number of nitrogens with one attached hydrogen (secondary N) is 1. The molecule has 1 aliphatic carbocycles. The van der Waals surface area contributed by atoms with Crippen molar-refractivity contribution in [3.63, 3.8) is 0 Å². The minimum atomic E-state index is -0.106. The molecule has 106 valence electrons. The largest absolute Gasteiger partial charge is 0.495 e. The molecule has 2 atom stereocenters. The second kappa shape index (κ2) is 6.33. The number of carbonyl (C=O) groups is 1. The van der Waals surface area contributed by atoms with Crippen LogP contribution in [0.5, 0.6) is 5.75 Å². The van der Waals surface area contributed by atoms with Crippen LogP contribution in [0.3, 0.4) is 0 Å². The number of methoxy groups -OCH3 is 1. The Morgan fingerprint density at radius 3 is 3.00 bits per heavy atom. The van der Waals surface area contributed by atoms with Crippen LogP contribution in [0.1, 0.15) is 36.0 Å². The highest BCUT2D eigenvalue weighted by Crippen LogP contribution is 2.25. The first kappa shape index (κ1) is 14.3. The fraction of sp³-hybridized carbons (Fsp3) is 0.438. The van der Waals surface area contributed by atoms with Crippen molar-refractivity contribution in [1.29, 1.82) is 0 Å². The van der Waals surface area contributed by atoms with Gasteiger partial charge in [-0.25, -0.2) is 0 Å². The van der Waals surface area contributed by atoms with Crippen molar-refractivity contribution in [3.8, 4) is 18.1 Å². The fourth-order valence-corrected chi connectivity index (χ4v) is 2.59. The van der Waals surface area contributed by atoms with Gasteiger partial charge in [0.25, 0.3) is 5.91 Å². The van der Waals surface area contributed by atoms with Crippen molar-refractivity contribution in [2.45, 2.75) is 31.7 Å². The first-order valence-corrected chi connectivity index (χ1v) is 6.84. The number of carbonyl (C=O) groups excluding carboxylic acids is 1. The van der Waals surface area contributed by atoms with Gasteiger partial charge >= 0.3 is 0 Å². The lowest BCUT2D eigenvalue weighted by Gasteiger charge is -2.27. The van der Waals surface area contributed by atoms with Crippen LogP contribution in [0.15, 0.2) is 18.2 Å². The maximum absolute atomic E-state index is 12.2. The zero-order valence-electron chi connectivity index (χ0n) is 11.7. The second-order valence-corrected chi connectivity index (χ2v) is 5.16. The van der Waals surface area contributed by atoms with E-state index in [4.69, 9.17) is 16.9 Å². The summed E-state index contributed by atoms with van der Waals surface area (Å²) in [5.41, 5.74) is 6.82. The molecular formula is C16H20N2O2. The van der Waals surface area contributed by atoms with Gasteiger partial charge in [-0.2, -0.15) is 0 Å². The van der Waals surface area contributed by atoms with E-state index in [1.165, 1.54) is 7.11 Å². The van der Waals surface area contributed by atoms with Gasteiger partial charge in [-0.3, -0.25) is 4.79 Å². The molecule has 0 aliphatic heterocycles. The third-order valence-corrected chi connectivity index (χ3v) is 3.74. The molecule has 0 unspecified atom stereocenters. The molecule has 0 spiro atoms. The van der Waals surface area contributed by atoms with Crippen LogP contribution >= 0.6 is 0 Å². The summed E-state index contributed by atoms with van der Waals surface area (Å²) in [6, 6.07) is 5.19. The molecule has 0 bridgehead atoms. The number of anilines is 1. The Morgan fingerprint density at radius 2 is 2.30 bits per heavy atom. The molecule has 2 rings (SSSR count). The first-order chi connectivity index (χ1) is 9.63. The number of rotatable bonds is 3. The van der Waals surface area contributed by atoms with Crippen LogP contribution in [-0.4, -0.2) is 19.1 Å². The molecule has 1 amide bonds. The summed E-state index contributed by atoms with van der Waals surface area (Å²) in [5.74, 6) is 3.47. The van der Waals surface area contributed by atoms with Gasteiger partial charge in [0.2, 0.25) is 0 Å². The summed E-state index contributed by atoms with van der Waals surface area (Å²) in [5, 5.41) is 3.04. The van der Waals surface area contributed by atoms with Crippen molar-refractivity contribution in [2.75, 3.05) is 12.8 Å². The number of hydrogen-bond donors (Lipinski definition) is 2. The van der Waals surface area contributed by atoms with Gasteiger partial charge in [-0.15, -0.1) is 12.3 Å². The van der Waals surface area contributed by atoms with Crippen LogP contribution in [0.4, 0.5) is 5.69 Å². The molecule has 0 aromatic heterocycles. The normalized spacial score (nSPS) is 21.8. The maximum Gasteiger partial charge on any atom is 0.251 e. The Bertz CT molecular complexity index is 534. The van der Waals surface area contributed by atoms with Gasteiger partial charge < -0.3 is 15.8 Å². The van der Waals surface area contributed by atoms with E-state index in [0.29, 0.717) is 17.0 Å². The molecule has 3 N–H and O–H groups in total. The number of benzene rings is 1. The minimum Gasteiger partial charge on any atom is -0.495 e. The summed E-state index contributed by atoms with van der Waals surface area (Å²) in [6.07, 6.45) is 9.42. The van der Waals surface area contributed by atoms with E-state index in [1.807, 2.05) is 0 Å². The average Bonchev–Trinajstić information content (AvgIpc) is 2.47. The molecule has 0 saturated heterocycles. The molecule has 1 saturated carbocycles. The van der Waals surface area contributed by atoms with Crippen molar-refractivity contribution in [1.82, 2.24) is 5.32 Å². The Labute approximate surface area is 119 Å². The standard InChI is InChI=1S/C16H20N2O2/c1-3-11-5-4-6-13(9-11)18-16(19)12-7-8-14(17)15(10-12)20-2/h1,7-8,10-11,13H,4-6,9,17H2,2H3,(H,18,19)/t11-,13+/m1/s1. The van der Waals surface area contributed by atoms with Gasteiger partial charge in [0.15, 0.2) is 0 Å². The quantitative estimate of drug-likeness (QED) is 0.655. The van der Waals surface area contributed by atoms with E-state index in [0.717, 1.165) is 25.7 Å². The van der Waals surface area contributed by atoms with E-state index in [1.54, 1.807) is 18.2 Å². The third kappa shape index (κ3) is 3.24. The molecule has 0 heterocycles. The first-order valence-electron chi connectivity index (χ1n) is 6.84. The Morgan fingerprint density at radius 1 is 1.50 bits per heavy atom. The van der Waals surface area contributed by atoms with Crippen LogP contribution in [0.2, 0.25) is 0 Å². The summed E-state index contributed by atoms with van der Waals surface area (Å²) < 4.78 is 5.13. The van der Waals surface area contributed by atoms with Gasteiger partial charge in [0.1, 0.15) is 5.75 Å². The SMILES string of the molecule is C#C[C@@H]1CCC[C@H](NC(=O)c2ccc(N)c(OC)c2)C1. The number of ether oxygens (including phenoxy) is 1. The number of amides is 1. The smallest absolute Gasteiger partial charge is 0.251 e. The van der Waals surface area contributed by atoms with Crippen LogP contribution in [0.25, 0.3) is 0 Å². The summed E-state index contributed by atoms with van der Waals surface area (Å²) in [7, 11) is 1.53. The van der Waals surface area contributed by atoms with E-state index in [-0.39, 0.29) is 17.9 Å². The molecule has 1 aliphatic rings. The fourth-order valence-electron chi connectivity index (χ4n) is 2.59. The zero-order valence-corrected chi connectivity index (χ0v) is 11.7. The number of nitrogen functional groups attached to an aromatic ring is 1. The number of hydrogen-bond acceptors (Lipinski definition) is 3. The molecule has 0 radical (unpaired) electrons. The lowest BCUT2D eigenvalue weighted by atomic mass is 9.86. The zero-order chi connectivity index (χ0) is 14.5. The van der Waals surface area contributed by atoms with Crippen molar-refractivity contribution in [3.05, 3.63) is 23.8 Å². The molecule has 4 nitrogen and oxygen atoms in total. The Hall–Kier alpha value is -2.15. The minimum absolute atomic E-state index is 0.106. The molecule has 1 fully saturated rings. The summed E-state index contributed by atoms with van der Waals surface area (Å²) in [6.45, 7) is 0. The highest BCUT2D eigenvalue weighted by molar-refractivity contribution is 5.95. The van der Waals surface area contributed by atoms with Crippen molar-refractivity contribution >= 4 is 11.6 Å². The van der Waals surface area contributed by atoms with Crippen LogP contribution in [-0.2, 0) is 0 Å². The summed E-state index contributed by atoms with van der Waals surface area (Å²) in [4.78, 5) is 12.2. The predicted molar refractivity (Wildman–Crippen MR) is 79.5 cm³/mol. The van der Waals surface area contributed by atoms with Crippen molar-refractivity contribution in [2.24, 2.45) is 5.92 Å². The number of nitrogens with two attached hydrogens (primary N) is 1. The van der Waals surface area contributed by atoms with Gasteiger partial charge in [0, 0.05) is 17.5 Å². The highest BCUT2D eigenvalue weighted by Gasteiger charge is 2.22. The van der Waals surface area contributed by atoms with E-state index in [9.17, 15) is 4.79 Å². The Kier molecular flexibility index (Phi) is 4.52. The van der Waals surface area contributed by atoms with Gasteiger partial charge in [-0.05, 0) is 37.5 Å². The number of terminal acetylenes is 1. The third-order valence-electron chi connectivity index (χ3n) is 3.74. The van der Waals surface area contributed by atoms with Crippen LogP contribution < -0.4 is 15.8 Å². The maximum atomic E-state index is 12.2. The van der Waals surface area contributed by atoms with E-state index >= 15 is 0 Å². The van der Waals surface area contributed by atoms with Crippen molar-refractivity contribution < 1.29 is 9.53 Å². The van der Waals surface area contributed by atoms with Crippen LogP contribution in [0, 0.1) is 18.3 Å². The summed E-state index contributed by atoms with van der Waals surface area (Å²) >= 11 is 0. The van der Waals surface area contributed by atoms with E-state index in [2.05, 4.69) is 11.2 Å². The molecule has 20 heavy (non-hydrogen) atoms. The highest BCUT2D eigenvalue weighted by atomic mass is 16.5. The topological polar surface area (TPSA) is 64.4 Å². The lowest BCUT2D eigenvalue weighted by Crippen LogP contribution is -2.38. The molecule has 4 heteroatoms. The van der Waals surface area contributed by atoms with Gasteiger partial charge in [-0.1, -0.05) is 6.42 Å². The van der Waals surface area contributed by atoms with E-state index < -0.39 is 0 Å². The second-order valence-electron chi connectivity index (χ2n) is 5.16. The average molecular weight is 272 g/mol. The predicted octanol–water partition coefficient (Wildman–Crippen LogP) is 2.20. The molecule has 1 aromatic carbocycles. The monoisotopic (exact) mass is 272 g/mol. The molecule has 1 aromatic rings. The lowest BCUT2D eigenvalue weighted by molar-refractivity contribution is 0.0923. The van der Waals surface area contributed by atoms with Gasteiger partial charge in [0.05, 0.1) is 12.8 Å².